The number of aryl methyl sites for hydroxylation is 1. The van der Waals surface area contributed by atoms with E-state index in [9.17, 15) is 9.59 Å². The third-order valence-electron chi connectivity index (χ3n) is 5.05. The second-order valence-electron chi connectivity index (χ2n) is 7.15. The van der Waals surface area contributed by atoms with E-state index in [1.54, 1.807) is 17.7 Å². The van der Waals surface area contributed by atoms with Gasteiger partial charge in [0.2, 0.25) is 0 Å². The largest absolute Gasteiger partial charge is 0.383 e. The fourth-order valence-electron chi connectivity index (χ4n) is 3.52. The van der Waals surface area contributed by atoms with Gasteiger partial charge in [-0.3, -0.25) is 14.2 Å². The second kappa shape index (κ2) is 9.94. The van der Waals surface area contributed by atoms with E-state index in [0.717, 1.165) is 34.4 Å². The topological polar surface area (TPSA) is 66.1 Å². The number of rotatable bonds is 9. The molecule has 0 aliphatic rings. The minimum Gasteiger partial charge on any atom is -0.383 e. The lowest BCUT2D eigenvalue weighted by Crippen LogP contribution is -2.25. The maximum absolute atomic E-state index is 13.0. The van der Waals surface area contributed by atoms with Crippen LogP contribution in [0.25, 0.3) is 10.9 Å². The number of ether oxygens (including phenoxy) is 1. The minimum atomic E-state index is -0.130. The molecule has 160 valence electrons. The molecule has 1 aromatic carbocycles. The Morgan fingerprint density at radius 2 is 1.97 bits per heavy atom. The minimum absolute atomic E-state index is 0.0406. The van der Waals surface area contributed by atoms with E-state index in [2.05, 4.69) is 32.4 Å². The summed E-state index contributed by atoms with van der Waals surface area (Å²) in [4.78, 5) is 30.7. The Morgan fingerprint density at radius 1 is 1.20 bits per heavy atom. The predicted molar refractivity (Wildman–Crippen MR) is 125 cm³/mol. The van der Waals surface area contributed by atoms with Gasteiger partial charge in [0.05, 0.1) is 29.8 Å². The molecular formula is C22H26BrN3O3S. The van der Waals surface area contributed by atoms with E-state index in [4.69, 9.17) is 4.74 Å². The summed E-state index contributed by atoms with van der Waals surface area (Å²) in [7, 11) is 1.60. The van der Waals surface area contributed by atoms with Gasteiger partial charge in [-0.1, -0.05) is 34.6 Å². The molecule has 0 aliphatic carbocycles. The first-order valence-corrected chi connectivity index (χ1v) is 11.7. The molecule has 0 atom stereocenters. The van der Waals surface area contributed by atoms with Crippen LogP contribution in [0.15, 0.2) is 38.7 Å². The summed E-state index contributed by atoms with van der Waals surface area (Å²) < 4.78 is 9.76. The van der Waals surface area contributed by atoms with Crippen molar-refractivity contribution in [3.63, 3.8) is 0 Å². The molecule has 2 aromatic heterocycles. The van der Waals surface area contributed by atoms with Gasteiger partial charge in [-0.15, -0.1) is 0 Å². The molecule has 0 saturated heterocycles. The van der Waals surface area contributed by atoms with Gasteiger partial charge >= 0.3 is 0 Å². The highest BCUT2D eigenvalue weighted by Crippen LogP contribution is 2.23. The lowest BCUT2D eigenvalue weighted by molar-refractivity contribution is 0.102. The van der Waals surface area contributed by atoms with E-state index in [0.29, 0.717) is 29.2 Å². The third-order valence-corrected chi connectivity index (χ3v) is 6.52. The molecule has 0 radical (unpaired) electrons. The molecular weight excluding hydrogens is 466 g/mol. The molecule has 30 heavy (non-hydrogen) atoms. The number of fused-ring (bicyclic) bond motifs is 1. The Hall–Kier alpha value is -1.90. The van der Waals surface area contributed by atoms with Crippen LogP contribution in [0.1, 0.15) is 35.1 Å². The summed E-state index contributed by atoms with van der Waals surface area (Å²) in [5, 5.41) is 1.07. The molecule has 8 heteroatoms. The molecule has 3 rings (SSSR count). The van der Waals surface area contributed by atoms with Gasteiger partial charge in [0.1, 0.15) is 0 Å². The van der Waals surface area contributed by atoms with E-state index >= 15 is 0 Å². The number of Topliss-reactive ketones (excluding diaryl/α,β-unsaturated/α-hetero) is 1. The summed E-state index contributed by atoms with van der Waals surface area (Å²) in [6.07, 6.45) is 1.02. The van der Waals surface area contributed by atoms with Crippen LogP contribution in [-0.4, -0.2) is 39.4 Å². The normalized spacial score (nSPS) is 11.4. The molecule has 6 nitrogen and oxygen atoms in total. The Bertz CT molecular complexity index is 1140. The number of ketones is 1. The van der Waals surface area contributed by atoms with Crippen molar-refractivity contribution in [1.82, 2.24) is 14.1 Å². The zero-order valence-electron chi connectivity index (χ0n) is 17.7. The number of hydrogen-bond acceptors (Lipinski definition) is 5. The van der Waals surface area contributed by atoms with E-state index in [1.165, 1.54) is 11.8 Å². The molecule has 0 unspecified atom stereocenters. The molecule has 0 saturated carbocycles. The van der Waals surface area contributed by atoms with Gasteiger partial charge in [-0.05, 0) is 44.5 Å². The average molecular weight is 492 g/mol. The fourth-order valence-corrected chi connectivity index (χ4v) is 4.79. The summed E-state index contributed by atoms with van der Waals surface area (Å²) in [5.74, 6) is 0.261. The van der Waals surface area contributed by atoms with Crippen LogP contribution in [0.5, 0.6) is 0 Å². The van der Waals surface area contributed by atoms with E-state index < -0.39 is 0 Å². The molecule has 0 amide bonds. The highest BCUT2D eigenvalue weighted by atomic mass is 79.9. The lowest BCUT2D eigenvalue weighted by Gasteiger charge is -2.13. The Labute approximate surface area is 188 Å². The number of hydrogen-bond donors (Lipinski definition) is 0. The van der Waals surface area contributed by atoms with Crippen molar-refractivity contribution in [3.05, 3.63) is 56.0 Å². The van der Waals surface area contributed by atoms with E-state index in [-0.39, 0.29) is 17.1 Å². The van der Waals surface area contributed by atoms with Crippen LogP contribution in [0.4, 0.5) is 0 Å². The highest BCUT2D eigenvalue weighted by Gasteiger charge is 2.18. The summed E-state index contributed by atoms with van der Waals surface area (Å²) >= 11 is 4.71. The number of halogens is 1. The van der Waals surface area contributed by atoms with Gasteiger partial charge < -0.3 is 9.30 Å². The van der Waals surface area contributed by atoms with Crippen molar-refractivity contribution in [2.75, 3.05) is 19.5 Å². The second-order valence-corrected chi connectivity index (χ2v) is 9.01. The fraction of sp³-hybridized carbons (Fsp3) is 0.409. The van der Waals surface area contributed by atoms with Crippen LogP contribution >= 0.6 is 27.7 Å². The van der Waals surface area contributed by atoms with Crippen molar-refractivity contribution < 1.29 is 9.53 Å². The summed E-state index contributed by atoms with van der Waals surface area (Å²) in [5.41, 5.74) is 3.31. The number of aromatic nitrogens is 3. The van der Waals surface area contributed by atoms with Crippen molar-refractivity contribution in [3.8, 4) is 0 Å². The maximum atomic E-state index is 13.0. The molecule has 0 aliphatic heterocycles. The van der Waals surface area contributed by atoms with Crippen molar-refractivity contribution in [2.24, 2.45) is 0 Å². The summed E-state index contributed by atoms with van der Waals surface area (Å²) in [6.45, 7) is 7.81. The van der Waals surface area contributed by atoms with Gasteiger partial charge in [-0.25, -0.2) is 4.98 Å². The standard InChI is InChI=1S/C22H26BrN3O3S/c1-5-8-25-14(2)11-17(15(25)3)20(27)13-30-22-24-19-7-6-16(23)12-18(19)21(28)26(22)9-10-29-4/h6-7,11-12H,5,8-10,13H2,1-4H3. The maximum Gasteiger partial charge on any atom is 0.262 e. The van der Waals surface area contributed by atoms with Crippen molar-refractivity contribution >= 4 is 44.4 Å². The van der Waals surface area contributed by atoms with Crippen LogP contribution in [0, 0.1) is 13.8 Å². The number of nitrogens with zero attached hydrogens (tertiary/aromatic N) is 3. The molecule has 0 fully saturated rings. The first-order chi connectivity index (χ1) is 14.4. The average Bonchev–Trinajstić information content (AvgIpc) is 3.00. The zero-order valence-corrected chi connectivity index (χ0v) is 20.1. The Kier molecular flexibility index (Phi) is 7.55. The van der Waals surface area contributed by atoms with Crippen LogP contribution in [-0.2, 0) is 17.8 Å². The summed E-state index contributed by atoms with van der Waals surface area (Å²) in [6, 6.07) is 7.40. The lowest BCUT2D eigenvalue weighted by atomic mass is 10.2. The molecule has 2 heterocycles. The molecule has 0 bridgehead atoms. The van der Waals surface area contributed by atoms with Crippen LogP contribution in [0.2, 0.25) is 0 Å². The number of thioether (sulfide) groups is 1. The van der Waals surface area contributed by atoms with Crippen molar-refractivity contribution in [2.45, 2.75) is 45.4 Å². The number of benzene rings is 1. The quantitative estimate of drug-likeness (QED) is 0.248. The SMILES string of the molecule is CCCn1c(C)cc(C(=O)CSc2nc3ccc(Br)cc3c(=O)n2CCOC)c1C. The first-order valence-electron chi connectivity index (χ1n) is 9.89. The van der Waals surface area contributed by atoms with Gasteiger partial charge in [0.15, 0.2) is 10.9 Å². The molecule has 0 N–H and O–H groups in total. The smallest absolute Gasteiger partial charge is 0.262 e. The zero-order chi connectivity index (χ0) is 21.8. The number of carbonyl (C=O) groups is 1. The van der Waals surface area contributed by atoms with Crippen LogP contribution in [0.3, 0.4) is 0 Å². The first kappa shape index (κ1) is 22.8. The van der Waals surface area contributed by atoms with Gasteiger partial charge in [0.25, 0.3) is 5.56 Å². The monoisotopic (exact) mass is 491 g/mol. The molecule has 3 aromatic rings. The Morgan fingerprint density at radius 3 is 2.67 bits per heavy atom. The Balaban J connectivity index is 1.91. The third kappa shape index (κ3) is 4.71. The highest BCUT2D eigenvalue weighted by molar-refractivity contribution is 9.10. The number of methoxy groups -OCH3 is 1. The number of carbonyl (C=O) groups excluding carboxylic acids is 1. The van der Waals surface area contributed by atoms with Gasteiger partial charge in [0, 0.05) is 35.1 Å². The van der Waals surface area contributed by atoms with Crippen LogP contribution < -0.4 is 5.56 Å². The van der Waals surface area contributed by atoms with Gasteiger partial charge in [-0.2, -0.15) is 0 Å². The van der Waals surface area contributed by atoms with E-state index in [1.807, 2.05) is 32.0 Å². The predicted octanol–water partition coefficient (Wildman–Crippen LogP) is 4.61. The molecule has 0 spiro atoms. The van der Waals surface area contributed by atoms with Crippen molar-refractivity contribution in [1.29, 1.82) is 0 Å².